The number of carbonyl (C=O) groups is 1. The highest BCUT2D eigenvalue weighted by Gasteiger charge is 2.14. The summed E-state index contributed by atoms with van der Waals surface area (Å²) in [6.45, 7) is 7.15. The van der Waals surface area contributed by atoms with Crippen molar-refractivity contribution in [3.63, 3.8) is 0 Å². The van der Waals surface area contributed by atoms with Gasteiger partial charge in [0.1, 0.15) is 12.7 Å². The van der Waals surface area contributed by atoms with Gasteiger partial charge >= 0.3 is 6.03 Å². The number of rotatable bonds is 6. The molecule has 0 spiro atoms. The number of hydrogen-bond donors (Lipinski definition) is 2. The Morgan fingerprint density at radius 3 is 2.86 bits per heavy atom. The van der Waals surface area contributed by atoms with Gasteiger partial charge in [-0.05, 0) is 32.8 Å². The van der Waals surface area contributed by atoms with Crippen molar-refractivity contribution in [3.8, 4) is 0 Å². The lowest BCUT2D eigenvalue weighted by atomic mass is 10.1. The molecule has 8 nitrogen and oxygen atoms in total. The molecule has 0 aliphatic rings. The van der Waals surface area contributed by atoms with Crippen molar-refractivity contribution in [1.29, 1.82) is 0 Å². The Morgan fingerprint density at radius 1 is 1.50 bits per heavy atom. The number of urea groups is 1. The van der Waals surface area contributed by atoms with Crippen molar-refractivity contribution in [1.82, 2.24) is 35.2 Å². The topological polar surface area (TPSA) is 91.7 Å². The van der Waals surface area contributed by atoms with Crippen LogP contribution >= 0.6 is 0 Å². The van der Waals surface area contributed by atoms with Crippen molar-refractivity contribution in [2.75, 3.05) is 13.6 Å². The molecule has 2 amide bonds. The largest absolute Gasteiger partial charge is 0.334 e. The van der Waals surface area contributed by atoms with Gasteiger partial charge in [0.15, 0.2) is 0 Å². The van der Waals surface area contributed by atoms with Gasteiger partial charge in [-0.15, -0.1) is 0 Å². The fourth-order valence-electron chi connectivity index (χ4n) is 2.30. The smallest absolute Gasteiger partial charge is 0.317 e. The van der Waals surface area contributed by atoms with E-state index in [-0.39, 0.29) is 12.1 Å². The van der Waals surface area contributed by atoms with Gasteiger partial charge in [0.2, 0.25) is 0 Å². The number of hydrogen-bond acceptors (Lipinski definition) is 4. The van der Waals surface area contributed by atoms with Gasteiger partial charge in [-0.1, -0.05) is 0 Å². The summed E-state index contributed by atoms with van der Waals surface area (Å²) in [6.07, 6.45) is 3.91. The molecule has 2 heterocycles. The fourth-order valence-corrected chi connectivity index (χ4v) is 2.30. The maximum Gasteiger partial charge on any atom is 0.317 e. The second kappa shape index (κ2) is 7.06. The van der Waals surface area contributed by atoms with Crippen LogP contribution in [0.25, 0.3) is 0 Å². The summed E-state index contributed by atoms with van der Waals surface area (Å²) in [5.41, 5.74) is 3.23. The summed E-state index contributed by atoms with van der Waals surface area (Å²) < 4.78 is 1.70. The van der Waals surface area contributed by atoms with Crippen LogP contribution < -0.4 is 5.32 Å². The van der Waals surface area contributed by atoms with Crippen LogP contribution in [0.5, 0.6) is 0 Å². The molecular weight excluding hydrogens is 282 g/mol. The molecule has 1 atom stereocenters. The van der Waals surface area contributed by atoms with E-state index < -0.39 is 0 Å². The van der Waals surface area contributed by atoms with E-state index in [4.69, 9.17) is 0 Å². The summed E-state index contributed by atoms with van der Waals surface area (Å²) in [7, 11) is 1.79. The average Bonchev–Trinajstić information content (AvgIpc) is 3.07. The van der Waals surface area contributed by atoms with Crippen molar-refractivity contribution >= 4 is 6.03 Å². The average molecular weight is 305 g/mol. The number of aromatic nitrogens is 5. The molecule has 22 heavy (non-hydrogen) atoms. The Hall–Kier alpha value is -2.38. The molecule has 0 aliphatic heterocycles. The minimum absolute atomic E-state index is 0.0194. The predicted molar refractivity (Wildman–Crippen MR) is 82.4 cm³/mol. The monoisotopic (exact) mass is 305 g/mol. The van der Waals surface area contributed by atoms with Gasteiger partial charge in [-0.25, -0.2) is 9.78 Å². The summed E-state index contributed by atoms with van der Waals surface area (Å²) >= 11 is 0. The van der Waals surface area contributed by atoms with Gasteiger partial charge in [-0.3, -0.25) is 9.78 Å². The second-order valence-electron chi connectivity index (χ2n) is 5.55. The molecule has 1 unspecified atom stereocenters. The molecule has 0 saturated heterocycles. The molecule has 120 valence electrons. The number of nitrogens with one attached hydrogen (secondary N) is 2. The first kappa shape index (κ1) is 16.0. The molecule has 0 aliphatic carbocycles. The Morgan fingerprint density at radius 2 is 2.27 bits per heavy atom. The molecule has 2 aromatic rings. The summed E-state index contributed by atoms with van der Waals surface area (Å²) in [6, 6.07) is -0.111. The molecule has 0 aromatic carbocycles. The second-order valence-corrected chi connectivity index (χ2v) is 5.55. The first-order valence-corrected chi connectivity index (χ1v) is 7.32. The third-order valence-electron chi connectivity index (χ3n) is 3.62. The van der Waals surface area contributed by atoms with E-state index in [0.717, 1.165) is 17.8 Å². The maximum atomic E-state index is 12.2. The van der Waals surface area contributed by atoms with E-state index in [1.807, 2.05) is 20.8 Å². The molecule has 2 aromatic heterocycles. The first-order valence-electron chi connectivity index (χ1n) is 7.32. The highest BCUT2D eigenvalue weighted by atomic mass is 16.2. The zero-order valence-electron chi connectivity index (χ0n) is 13.5. The molecule has 0 bridgehead atoms. The highest BCUT2D eigenvalue weighted by Crippen LogP contribution is 2.10. The van der Waals surface area contributed by atoms with Gasteiger partial charge in [0.25, 0.3) is 0 Å². The first-order chi connectivity index (χ1) is 10.5. The van der Waals surface area contributed by atoms with E-state index >= 15 is 0 Å². The molecule has 0 saturated carbocycles. The lowest BCUT2D eigenvalue weighted by Gasteiger charge is -2.21. The van der Waals surface area contributed by atoms with E-state index in [1.54, 1.807) is 23.0 Å². The zero-order valence-corrected chi connectivity index (χ0v) is 13.5. The van der Waals surface area contributed by atoms with Gasteiger partial charge in [0, 0.05) is 25.3 Å². The van der Waals surface area contributed by atoms with Crippen LogP contribution in [0.15, 0.2) is 12.7 Å². The lowest BCUT2D eigenvalue weighted by Crippen LogP contribution is -2.44. The highest BCUT2D eigenvalue weighted by molar-refractivity contribution is 5.74. The Bertz CT molecular complexity index is 585. The molecule has 8 heteroatoms. The van der Waals surface area contributed by atoms with Crippen molar-refractivity contribution in [2.24, 2.45) is 0 Å². The van der Waals surface area contributed by atoms with Crippen molar-refractivity contribution in [2.45, 2.75) is 39.8 Å². The zero-order chi connectivity index (χ0) is 16.1. The van der Waals surface area contributed by atoms with E-state index in [1.165, 1.54) is 11.9 Å². The van der Waals surface area contributed by atoms with E-state index in [2.05, 4.69) is 25.6 Å². The summed E-state index contributed by atoms with van der Waals surface area (Å²) in [4.78, 5) is 17.7. The Labute approximate surface area is 129 Å². The SMILES string of the molecule is Cc1n[nH]c(C)c1CCN(C)C(=O)NC(C)Cn1cncn1. The molecular formula is C14H23N7O. The minimum Gasteiger partial charge on any atom is -0.334 e. The third kappa shape index (κ3) is 4.06. The van der Waals surface area contributed by atoms with E-state index in [0.29, 0.717) is 13.1 Å². The van der Waals surface area contributed by atoms with Gasteiger partial charge in [0.05, 0.1) is 12.2 Å². The van der Waals surface area contributed by atoms with Crippen LogP contribution in [0.1, 0.15) is 23.9 Å². The number of carbonyl (C=O) groups excluding carboxylic acids is 1. The Balaban J connectivity index is 1.79. The standard InChI is InChI=1S/C14H23N7O/c1-10(7-21-9-15-8-16-21)17-14(22)20(4)6-5-13-11(2)18-19-12(13)3/h8-10H,5-7H2,1-4H3,(H,17,22)(H,18,19). The fraction of sp³-hybridized carbons (Fsp3) is 0.571. The van der Waals surface area contributed by atoms with Crippen molar-refractivity contribution < 1.29 is 4.79 Å². The Kier molecular flexibility index (Phi) is 5.13. The van der Waals surface area contributed by atoms with Crippen LogP contribution in [0, 0.1) is 13.8 Å². The van der Waals surface area contributed by atoms with Crippen LogP contribution in [0.3, 0.4) is 0 Å². The third-order valence-corrected chi connectivity index (χ3v) is 3.62. The molecule has 0 fully saturated rings. The van der Waals surface area contributed by atoms with Crippen LogP contribution in [-0.4, -0.2) is 55.5 Å². The molecule has 2 rings (SSSR count). The van der Waals surface area contributed by atoms with Gasteiger partial charge < -0.3 is 10.2 Å². The summed E-state index contributed by atoms with van der Waals surface area (Å²) in [5, 5.41) is 14.1. The summed E-state index contributed by atoms with van der Waals surface area (Å²) in [5.74, 6) is 0. The number of likely N-dealkylation sites (N-methyl/N-ethyl adjacent to an activating group) is 1. The maximum absolute atomic E-state index is 12.2. The molecule has 0 radical (unpaired) electrons. The van der Waals surface area contributed by atoms with E-state index in [9.17, 15) is 4.79 Å². The lowest BCUT2D eigenvalue weighted by molar-refractivity contribution is 0.204. The number of aryl methyl sites for hydroxylation is 2. The number of amides is 2. The number of H-pyrrole nitrogens is 1. The van der Waals surface area contributed by atoms with Gasteiger partial charge in [-0.2, -0.15) is 10.2 Å². The minimum atomic E-state index is -0.0913. The van der Waals surface area contributed by atoms with Crippen molar-refractivity contribution in [3.05, 3.63) is 29.6 Å². The van der Waals surface area contributed by atoms with Crippen LogP contribution in [0.2, 0.25) is 0 Å². The van der Waals surface area contributed by atoms with Crippen LogP contribution in [-0.2, 0) is 13.0 Å². The normalized spacial score (nSPS) is 12.2. The molecule has 2 N–H and O–H groups in total. The predicted octanol–water partition coefficient (Wildman–Crippen LogP) is 0.891. The number of aromatic amines is 1. The van der Waals surface area contributed by atoms with Crippen LogP contribution in [0.4, 0.5) is 4.79 Å². The number of nitrogens with zero attached hydrogens (tertiary/aromatic N) is 5. The quantitative estimate of drug-likeness (QED) is 0.829.